The standard InChI is InChI=1S/C29H30N4O4S/c1-17(2)16-30-20-6-10-22(11-7-20)37-23-12-13-24-25(15-23)32-27(31-24)18(3)36-21-8-4-19(5-9-21)14-26-28(34)33-29(35)38-26/h4-13,15,17-18,26,30H,14,16H2,1-3H3,(H,31,32)(H,33,34,35). The van der Waals surface area contributed by atoms with Gasteiger partial charge in [0.1, 0.15) is 23.1 Å². The fourth-order valence-electron chi connectivity index (χ4n) is 4.07. The first-order chi connectivity index (χ1) is 18.3. The van der Waals surface area contributed by atoms with Crippen molar-refractivity contribution < 1.29 is 19.1 Å². The van der Waals surface area contributed by atoms with Gasteiger partial charge in [-0.3, -0.25) is 14.9 Å². The molecular formula is C29H30N4O4S. The van der Waals surface area contributed by atoms with Crippen molar-refractivity contribution in [2.24, 2.45) is 5.92 Å². The second-order valence-corrected chi connectivity index (χ2v) is 10.9. The highest BCUT2D eigenvalue weighted by atomic mass is 32.2. The van der Waals surface area contributed by atoms with Crippen LogP contribution >= 0.6 is 11.8 Å². The molecule has 0 aliphatic carbocycles. The number of rotatable bonds is 10. The molecule has 3 N–H and O–H groups in total. The summed E-state index contributed by atoms with van der Waals surface area (Å²) in [5.74, 6) is 3.22. The Hall–Kier alpha value is -3.98. The van der Waals surface area contributed by atoms with Gasteiger partial charge >= 0.3 is 0 Å². The molecule has 2 unspecified atom stereocenters. The van der Waals surface area contributed by atoms with Crippen LogP contribution in [0.1, 0.15) is 38.3 Å². The van der Waals surface area contributed by atoms with Crippen molar-refractivity contribution in [2.45, 2.75) is 38.5 Å². The van der Waals surface area contributed by atoms with E-state index in [1.165, 1.54) is 0 Å². The van der Waals surface area contributed by atoms with E-state index in [1.807, 2.05) is 73.7 Å². The molecule has 9 heteroatoms. The van der Waals surface area contributed by atoms with Gasteiger partial charge in [-0.25, -0.2) is 4.98 Å². The Balaban J connectivity index is 1.20. The molecule has 2 heterocycles. The molecule has 38 heavy (non-hydrogen) atoms. The third-order valence-electron chi connectivity index (χ3n) is 6.09. The van der Waals surface area contributed by atoms with Gasteiger partial charge in [-0.1, -0.05) is 37.7 Å². The number of imidazole rings is 1. The number of nitrogens with one attached hydrogen (secondary N) is 3. The lowest BCUT2D eigenvalue weighted by atomic mass is 10.1. The number of H-pyrrole nitrogens is 1. The molecule has 5 rings (SSSR count). The molecule has 8 nitrogen and oxygen atoms in total. The van der Waals surface area contributed by atoms with E-state index in [4.69, 9.17) is 9.47 Å². The van der Waals surface area contributed by atoms with E-state index in [-0.39, 0.29) is 22.5 Å². The summed E-state index contributed by atoms with van der Waals surface area (Å²) in [5.41, 5.74) is 3.72. The maximum atomic E-state index is 11.8. The maximum Gasteiger partial charge on any atom is 0.286 e. The molecule has 1 saturated heterocycles. The Bertz CT molecular complexity index is 1430. The highest BCUT2D eigenvalue weighted by Crippen LogP contribution is 2.29. The van der Waals surface area contributed by atoms with E-state index in [2.05, 4.69) is 34.4 Å². The van der Waals surface area contributed by atoms with Gasteiger partial charge in [0.05, 0.1) is 16.3 Å². The number of aromatic nitrogens is 2. The van der Waals surface area contributed by atoms with Crippen molar-refractivity contribution in [1.29, 1.82) is 0 Å². The number of benzene rings is 3. The third-order valence-corrected chi connectivity index (χ3v) is 7.07. The van der Waals surface area contributed by atoms with Gasteiger partial charge in [-0.15, -0.1) is 0 Å². The van der Waals surface area contributed by atoms with Crippen LogP contribution in [-0.2, 0) is 11.2 Å². The zero-order chi connectivity index (χ0) is 26.6. The molecule has 196 valence electrons. The molecule has 0 saturated carbocycles. The molecule has 0 spiro atoms. The monoisotopic (exact) mass is 530 g/mol. The van der Waals surface area contributed by atoms with Crippen molar-refractivity contribution in [1.82, 2.24) is 15.3 Å². The Morgan fingerprint density at radius 1 is 0.947 bits per heavy atom. The minimum absolute atomic E-state index is 0.236. The zero-order valence-electron chi connectivity index (χ0n) is 21.5. The minimum Gasteiger partial charge on any atom is -0.483 e. The van der Waals surface area contributed by atoms with Crippen LogP contribution in [0.2, 0.25) is 0 Å². The van der Waals surface area contributed by atoms with E-state index in [0.717, 1.165) is 52.1 Å². The highest BCUT2D eigenvalue weighted by Gasteiger charge is 2.31. The summed E-state index contributed by atoms with van der Waals surface area (Å²) in [6.45, 7) is 7.22. The number of amides is 2. The first-order valence-electron chi connectivity index (χ1n) is 12.6. The summed E-state index contributed by atoms with van der Waals surface area (Å²) in [5, 5.41) is 5.05. The van der Waals surface area contributed by atoms with Crippen LogP contribution in [0.4, 0.5) is 10.5 Å². The molecule has 1 aliphatic rings. The topological polar surface area (TPSA) is 105 Å². The predicted octanol–water partition coefficient (Wildman–Crippen LogP) is 6.46. The van der Waals surface area contributed by atoms with E-state index >= 15 is 0 Å². The van der Waals surface area contributed by atoms with E-state index in [0.29, 0.717) is 23.9 Å². The van der Waals surface area contributed by atoms with Crippen LogP contribution in [0, 0.1) is 5.92 Å². The predicted molar refractivity (Wildman–Crippen MR) is 150 cm³/mol. The van der Waals surface area contributed by atoms with Crippen LogP contribution in [0.3, 0.4) is 0 Å². The van der Waals surface area contributed by atoms with Crippen molar-refractivity contribution >= 4 is 39.6 Å². The molecule has 2 amide bonds. The Labute approximate surface area is 225 Å². The average Bonchev–Trinajstić information content (AvgIpc) is 3.46. The lowest BCUT2D eigenvalue weighted by Crippen LogP contribution is -2.25. The number of imide groups is 1. The van der Waals surface area contributed by atoms with Gasteiger partial charge in [0, 0.05) is 18.3 Å². The SMILES string of the molecule is CC(C)CNc1ccc(Oc2ccc3nc(C(C)Oc4ccc(CC5SC(=O)NC5=O)cc4)[nH]c3c2)cc1. The maximum absolute atomic E-state index is 11.8. The minimum atomic E-state index is -0.385. The smallest absolute Gasteiger partial charge is 0.286 e. The van der Waals surface area contributed by atoms with Crippen molar-refractivity contribution in [3.05, 3.63) is 78.1 Å². The Morgan fingerprint density at radius 3 is 2.34 bits per heavy atom. The van der Waals surface area contributed by atoms with Gasteiger partial charge in [0.2, 0.25) is 5.91 Å². The van der Waals surface area contributed by atoms with Crippen molar-refractivity contribution in [3.63, 3.8) is 0 Å². The summed E-state index contributed by atoms with van der Waals surface area (Å²) in [7, 11) is 0. The summed E-state index contributed by atoms with van der Waals surface area (Å²) < 4.78 is 12.1. The Kier molecular flexibility index (Phi) is 7.55. The second-order valence-electron chi connectivity index (χ2n) is 9.69. The number of carbonyl (C=O) groups excluding carboxylic acids is 2. The molecule has 1 aliphatic heterocycles. The van der Waals surface area contributed by atoms with Crippen LogP contribution < -0.4 is 20.1 Å². The molecule has 0 bridgehead atoms. The summed E-state index contributed by atoms with van der Waals surface area (Å²) in [6.07, 6.45) is 0.183. The number of hydrogen-bond acceptors (Lipinski definition) is 7. The Morgan fingerprint density at radius 2 is 1.66 bits per heavy atom. The lowest BCUT2D eigenvalue weighted by Gasteiger charge is -2.13. The van der Waals surface area contributed by atoms with E-state index < -0.39 is 0 Å². The normalized spacial score (nSPS) is 16.1. The van der Waals surface area contributed by atoms with Crippen LogP contribution in [0.15, 0.2) is 66.7 Å². The zero-order valence-corrected chi connectivity index (χ0v) is 22.3. The average molecular weight is 531 g/mol. The third kappa shape index (κ3) is 6.28. The molecule has 2 atom stereocenters. The first kappa shape index (κ1) is 25.7. The van der Waals surface area contributed by atoms with Crippen molar-refractivity contribution in [3.8, 4) is 17.2 Å². The number of fused-ring (bicyclic) bond motifs is 1. The number of thioether (sulfide) groups is 1. The van der Waals surface area contributed by atoms with Crippen LogP contribution in [0.25, 0.3) is 11.0 Å². The summed E-state index contributed by atoms with van der Waals surface area (Å²) >= 11 is 1.03. The van der Waals surface area contributed by atoms with E-state index in [9.17, 15) is 9.59 Å². The van der Waals surface area contributed by atoms with Crippen LogP contribution in [-0.4, -0.2) is 32.9 Å². The molecule has 1 aromatic heterocycles. The summed E-state index contributed by atoms with van der Waals surface area (Å²) in [4.78, 5) is 31.2. The van der Waals surface area contributed by atoms with Gasteiger partial charge < -0.3 is 19.8 Å². The number of anilines is 1. The highest BCUT2D eigenvalue weighted by molar-refractivity contribution is 8.15. The molecule has 1 fully saturated rings. The number of hydrogen-bond donors (Lipinski definition) is 3. The fraction of sp³-hybridized carbons (Fsp3) is 0.276. The second kappa shape index (κ2) is 11.2. The van der Waals surface area contributed by atoms with E-state index in [1.54, 1.807) is 0 Å². The lowest BCUT2D eigenvalue weighted by molar-refractivity contribution is -0.118. The first-order valence-corrected chi connectivity index (χ1v) is 13.5. The molecule has 3 aromatic carbocycles. The van der Waals surface area contributed by atoms with Gasteiger partial charge in [0.25, 0.3) is 5.24 Å². The number of carbonyl (C=O) groups is 2. The molecule has 4 aromatic rings. The largest absolute Gasteiger partial charge is 0.483 e. The molecular weight excluding hydrogens is 500 g/mol. The van der Waals surface area contributed by atoms with Gasteiger partial charge in [-0.2, -0.15) is 0 Å². The van der Waals surface area contributed by atoms with Crippen molar-refractivity contribution in [2.75, 3.05) is 11.9 Å². The van der Waals surface area contributed by atoms with Gasteiger partial charge in [0.15, 0.2) is 6.10 Å². The fourth-order valence-corrected chi connectivity index (χ4v) is 4.93. The number of aromatic amines is 1. The summed E-state index contributed by atoms with van der Waals surface area (Å²) in [6, 6.07) is 21.2. The van der Waals surface area contributed by atoms with Gasteiger partial charge in [-0.05, 0) is 73.4 Å². The number of ether oxygens (including phenoxy) is 2. The van der Waals surface area contributed by atoms with Crippen LogP contribution in [0.5, 0.6) is 17.2 Å². The number of nitrogens with zero attached hydrogens (tertiary/aromatic N) is 1. The quantitative estimate of drug-likeness (QED) is 0.216. The molecule has 0 radical (unpaired) electrons.